The van der Waals surface area contributed by atoms with E-state index in [1.54, 1.807) is 0 Å². The fourth-order valence-corrected chi connectivity index (χ4v) is 2.57. The summed E-state index contributed by atoms with van der Waals surface area (Å²) in [6.07, 6.45) is 3.14. The SMILES string of the molecule is COC(=O)C1CCCN1CCn1cccc([N+](=O)[O-])c1=O. The van der Waals surface area contributed by atoms with E-state index < -0.39 is 16.2 Å². The van der Waals surface area contributed by atoms with Gasteiger partial charge in [-0.3, -0.25) is 24.6 Å². The number of carbonyl (C=O) groups excluding carboxylic acids is 1. The van der Waals surface area contributed by atoms with Crippen molar-refractivity contribution in [2.45, 2.75) is 25.4 Å². The average molecular weight is 295 g/mol. The molecule has 0 radical (unpaired) electrons. The minimum atomic E-state index is -0.689. The van der Waals surface area contributed by atoms with Gasteiger partial charge in [-0.2, -0.15) is 0 Å². The van der Waals surface area contributed by atoms with Crippen molar-refractivity contribution in [3.8, 4) is 0 Å². The van der Waals surface area contributed by atoms with Gasteiger partial charge in [-0.15, -0.1) is 0 Å². The summed E-state index contributed by atoms with van der Waals surface area (Å²) >= 11 is 0. The Kier molecular flexibility index (Phi) is 4.69. The molecule has 2 heterocycles. The van der Waals surface area contributed by atoms with E-state index in [0.29, 0.717) is 13.1 Å². The molecule has 8 heteroatoms. The van der Waals surface area contributed by atoms with Crippen LogP contribution in [0.2, 0.25) is 0 Å². The van der Waals surface area contributed by atoms with Gasteiger partial charge in [-0.25, -0.2) is 0 Å². The van der Waals surface area contributed by atoms with Crippen LogP contribution in [0, 0.1) is 10.1 Å². The summed E-state index contributed by atoms with van der Waals surface area (Å²) in [6, 6.07) is 2.37. The second-order valence-corrected chi connectivity index (χ2v) is 4.87. The Bertz CT molecular complexity index is 598. The minimum absolute atomic E-state index is 0.279. The molecule has 0 spiro atoms. The number of esters is 1. The fourth-order valence-electron chi connectivity index (χ4n) is 2.57. The van der Waals surface area contributed by atoms with Gasteiger partial charge in [0.25, 0.3) is 0 Å². The van der Waals surface area contributed by atoms with E-state index in [9.17, 15) is 19.7 Å². The second-order valence-electron chi connectivity index (χ2n) is 4.87. The third-order valence-corrected chi connectivity index (χ3v) is 3.66. The summed E-state index contributed by atoms with van der Waals surface area (Å²) in [7, 11) is 1.35. The molecular weight excluding hydrogens is 278 g/mol. The Balaban J connectivity index is 2.07. The zero-order valence-corrected chi connectivity index (χ0v) is 11.7. The molecule has 0 N–H and O–H groups in total. The standard InChI is InChI=1S/C13H17N3O5/c1-21-13(18)11-5-3-6-14(11)8-9-15-7-2-4-10(12(15)17)16(19)20/h2,4,7,11H,3,5-6,8-9H2,1H3. The summed E-state index contributed by atoms with van der Waals surface area (Å²) in [4.78, 5) is 35.5. The fraction of sp³-hybridized carbons (Fsp3) is 0.538. The minimum Gasteiger partial charge on any atom is -0.468 e. The van der Waals surface area contributed by atoms with Crippen LogP contribution in [0.5, 0.6) is 0 Å². The van der Waals surface area contributed by atoms with Crippen LogP contribution in [0.25, 0.3) is 0 Å². The molecule has 0 amide bonds. The summed E-state index contributed by atoms with van der Waals surface area (Å²) in [5.74, 6) is -0.279. The van der Waals surface area contributed by atoms with Crippen molar-refractivity contribution in [2.24, 2.45) is 0 Å². The zero-order valence-electron chi connectivity index (χ0n) is 11.7. The van der Waals surface area contributed by atoms with Crippen molar-refractivity contribution in [3.05, 3.63) is 38.8 Å². The highest BCUT2D eigenvalue weighted by molar-refractivity contribution is 5.75. The van der Waals surface area contributed by atoms with Gasteiger partial charge in [0.1, 0.15) is 6.04 Å². The molecule has 1 aromatic heterocycles. The smallest absolute Gasteiger partial charge is 0.334 e. The predicted octanol–water partition coefficient (Wildman–Crippen LogP) is 0.394. The molecule has 1 saturated heterocycles. The monoisotopic (exact) mass is 295 g/mol. The molecule has 1 unspecified atom stereocenters. The lowest BCUT2D eigenvalue weighted by Crippen LogP contribution is -2.39. The van der Waals surface area contributed by atoms with Gasteiger partial charge < -0.3 is 9.30 Å². The third kappa shape index (κ3) is 3.27. The summed E-state index contributed by atoms with van der Waals surface area (Å²) in [6.45, 7) is 1.53. The molecular formula is C13H17N3O5. The number of nitro groups is 1. The maximum Gasteiger partial charge on any atom is 0.334 e. The van der Waals surface area contributed by atoms with E-state index in [0.717, 1.165) is 19.4 Å². The lowest BCUT2D eigenvalue weighted by Gasteiger charge is -2.22. The molecule has 114 valence electrons. The molecule has 0 aliphatic carbocycles. The Hall–Kier alpha value is -2.22. The topological polar surface area (TPSA) is 94.7 Å². The van der Waals surface area contributed by atoms with Gasteiger partial charge in [0.05, 0.1) is 12.0 Å². The van der Waals surface area contributed by atoms with Crippen LogP contribution in [-0.4, -0.2) is 46.6 Å². The Morgan fingerprint density at radius 2 is 2.29 bits per heavy atom. The number of aromatic nitrogens is 1. The number of rotatable bonds is 5. The number of ether oxygens (including phenoxy) is 1. The largest absolute Gasteiger partial charge is 0.468 e. The average Bonchev–Trinajstić information content (AvgIpc) is 2.93. The number of pyridine rings is 1. The molecule has 1 aliphatic heterocycles. The molecule has 1 aliphatic rings. The first-order chi connectivity index (χ1) is 10.0. The molecule has 2 rings (SSSR count). The molecule has 1 fully saturated rings. The molecule has 21 heavy (non-hydrogen) atoms. The van der Waals surface area contributed by atoms with Crippen LogP contribution < -0.4 is 5.56 Å². The van der Waals surface area contributed by atoms with Crippen molar-refractivity contribution in [1.82, 2.24) is 9.47 Å². The van der Waals surface area contributed by atoms with E-state index in [1.165, 1.54) is 30.0 Å². The van der Waals surface area contributed by atoms with Crippen molar-refractivity contribution >= 4 is 11.7 Å². The van der Waals surface area contributed by atoms with Crippen LogP contribution in [0.15, 0.2) is 23.1 Å². The Labute approximate surface area is 121 Å². The van der Waals surface area contributed by atoms with Crippen LogP contribution >= 0.6 is 0 Å². The summed E-state index contributed by atoms with van der Waals surface area (Å²) in [5.41, 5.74) is -1.07. The quantitative estimate of drug-likeness (QED) is 0.443. The van der Waals surface area contributed by atoms with Gasteiger partial charge in [-0.05, 0) is 25.5 Å². The highest BCUT2D eigenvalue weighted by Crippen LogP contribution is 2.18. The van der Waals surface area contributed by atoms with E-state index in [4.69, 9.17) is 4.74 Å². The van der Waals surface area contributed by atoms with Crippen molar-refractivity contribution in [1.29, 1.82) is 0 Å². The first-order valence-corrected chi connectivity index (χ1v) is 6.70. The van der Waals surface area contributed by atoms with E-state index >= 15 is 0 Å². The number of nitrogens with zero attached hydrogens (tertiary/aromatic N) is 3. The van der Waals surface area contributed by atoms with Gasteiger partial charge in [-0.1, -0.05) is 0 Å². The predicted molar refractivity (Wildman–Crippen MR) is 74.0 cm³/mol. The lowest BCUT2D eigenvalue weighted by molar-refractivity contribution is -0.386. The number of hydrogen-bond acceptors (Lipinski definition) is 6. The number of methoxy groups -OCH3 is 1. The molecule has 1 aromatic rings. The van der Waals surface area contributed by atoms with Crippen LogP contribution in [0.3, 0.4) is 0 Å². The van der Waals surface area contributed by atoms with E-state index in [1.807, 2.05) is 4.90 Å². The first-order valence-electron chi connectivity index (χ1n) is 6.70. The van der Waals surface area contributed by atoms with Gasteiger partial charge >= 0.3 is 17.2 Å². The van der Waals surface area contributed by atoms with Gasteiger partial charge in [0.15, 0.2) is 0 Å². The third-order valence-electron chi connectivity index (χ3n) is 3.66. The van der Waals surface area contributed by atoms with Gasteiger partial charge in [0.2, 0.25) is 0 Å². The highest BCUT2D eigenvalue weighted by Gasteiger charge is 2.31. The maximum atomic E-state index is 11.9. The first kappa shape index (κ1) is 15.2. The Morgan fingerprint density at radius 1 is 1.52 bits per heavy atom. The van der Waals surface area contributed by atoms with E-state index in [-0.39, 0.29) is 12.0 Å². The highest BCUT2D eigenvalue weighted by atomic mass is 16.6. The number of likely N-dealkylation sites (tertiary alicyclic amines) is 1. The summed E-state index contributed by atoms with van der Waals surface area (Å²) in [5, 5.41) is 10.7. The zero-order chi connectivity index (χ0) is 15.4. The molecule has 0 saturated carbocycles. The van der Waals surface area contributed by atoms with Crippen LogP contribution in [0.4, 0.5) is 5.69 Å². The van der Waals surface area contributed by atoms with Crippen LogP contribution in [0.1, 0.15) is 12.8 Å². The van der Waals surface area contributed by atoms with Crippen molar-refractivity contribution in [2.75, 3.05) is 20.2 Å². The lowest BCUT2D eigenvalue weighted by atomic mass is 10.2. The molecule has 1 atom stereocenters. The molecule has 0 aromatic carbocycles. The van der Waals surface area contributed by atoms with E-state index in [2.05, 4.69) is 0 Å². The molecule has 0 bridgehead atoms. The summed E-state index contributed by atoms with van der Waals surface area (Å²) < 4.78 is 6.05. The second kappa shape index (κ2) is 6.49. The number of carbonyl (C=O) groups is 1. The normalized spacial score (nSPS) is 18.6. The van der Waals surface area contributed by atoms with Gasteiger partial charge in [0, 0.05) is 25.4 Å². The van der Waals surface area contributed by atoms with Crippen molar-refractivity contribution in [3.63, 3.8) is 0 Å². The Morgan fingerprint density at radius 3 is 2.95 bits per heavy atom. The van der Waals surface area contributed by atoms with Crippen molar-refractivity contribution < 1.29 is 14.5 Å². The maximum absolute atomic E-state index is 11.9. The number of hydrogen-bond donors (Lipinski definition) is 0. The molecule has 8 nitrogen and oxygen atoms in total. The van der Waals surface area contributed by atoms with Crippen LogP contribution in [-0.2, 0) is 16.1 Å².